The van der Waals surface area contributed by atoms with Crippen molar-refractivity contribution >= 4 is 29.2 Å². The average Bonchev–Trinajstić information content (AvgIpc) is 3.47. The number of fused-ring (bicyclic) bond motifs is 2. The Morgan fingerprint density at radius 2 is 1.81 bits per heavy atom. The SMILES string of the molecule is C[C@H](CO)N1C[C@H](C)[C@@H](CN(C)C(=O)Nc2ccc3c(c2)OCO3)Oc2c(NC(=O)Cc3ccccc3)cccc2C1=O. The van der Waals surface area contributed by atoms with Crippen LogP contribution in [0.3, 0.4) is 0 Å². The number of amides is 4. The van der Waals surface area contributed by atoms with Gasteiger partial charge in [0.25, 0.3) is 5.91 Å². The molecular weight excluding hydrogens is 552 g/mol. The van der Waals surface area contributed by atoms with Crippen LogP contribution in [0.2, 0.25) is 0 Å². The molecule has 0 saturated carbocycles. The number of para-hydroxylation sites is 1. The van der Waals surface area contributed by atoms with Crippen molar-refractivity contribution in [2.45, 2.75) is 32.4 Å². The smallest absolute Gasteiger partial charge is 0.321 e. The zero-order chi connectivity index (χ0) is 30.5. The first-order chi connectivity index (χ1) is 20.7. The van der Waals surface area contributed by atoms with Gasteiger partial charge < -0.3 is 39.8 Å². The molecule has 43 heavy (non-hydrogen) atoms. The molecule has 0 saturated heterocycles. The van der Waals surface area contributed by atoms with E-state index in [1.807, 2.05) is 37.3 Å². The van der Waals surface area contributed by atoms with Crippen LogP contribution in [0.1, 0.15) is 29.8 Å². The van der Waals surface area contributed by atoms with E-state index in [-0.39, 0.29) is 61.4 Å². The fraction of sp³-hybridized carbons (Fsp3) is 0.344. The zero-order valence-corrected chi connectivity index (χ0v) is 24.4. The van der Waals surface area contributed by atoms with E-state index < -0.39 is 12.1 Å². The number of nitrogens with one attached hydrogen (secondary N) is 2. The summed E-state index contributed by atoms with van der Waals surface area (Å²) in [7, 11) is 1.66. The topological polar surface area (TPSA) is 130 Å². The first-order valence-corrected chi connectivity index (χ1v) is 14.2. The second kappa shape index (κ2) is 13.0. The monoisotopic (exact) mass is 588 g/mol. The maximum Gasteiger partial charge on any atom is 0.321 e. The van der Waals surface area contributed by atoms with Gasteiger partial charge in [-0.3, -0.25) is 9.59 Å². The first kappa shape index (κ1) is 29.7. The lowest BCUT2D eigenvalue weighted by atomic mass is 9.99. The highest BCUT2D eigenvalue weighted by Gasteiger charge is 2.35. The number of aliphatic hydroxyl groups excluding tert-OH is 1. The third-order valence-electron chi connectivity index (χ3n) is 7.60. The minimum atomic E-state index is -0.556. The zero-order valence-electron chi connectivity index (χ0n) is 24.4. The van der Waals surface area contributed by atoms with Crippen LogP contribution in [-0.2, 0) is 11.2 Å². The fourth-order valence-electron chi connectivity index (χ4n) is 5.08. The number of carbonyl (C=O) groups excluding carboxylic acids is 3. The maximum absolute atomic E-state index is 13.7. The molecule has 4 amide bonds. The Kier molecular flexibility index (Phi) is 9.01. The van der Waals surface area contributed by atoms with Crippen LogP contribution in [0.4, 0.5) is 16.2 Å². The number of anilines is 2. The summed E-state index contributed by atoms with van der Waals surface area (Å²) in [5, 5.41) is 15.7. The third kappa shape index (κ3) is 6.83. The van der Waals surface area contributed by atoms with Gasteiger partial charge in [0.15, 0.2) is 17.2 Å². The molecule has 0 spiro atoms. The molecule has 0 unspecified atom stereocenters. The van der Waals surface area contributed by atoms with Crippen LogP contribution >= 0.6 is 0 Å². The molecule has 226 valence electrons. The van der Waals surface area contributed by atoms with Gasteiger partial charge in [0.05, 0.1) is 36.9 Å². The summed E-state index contributed by atoms with van der Waals surface area (Å²) in [6, 6.07) is 18.7. The van der Waals surface area contributed by atoms with E-state index in [4.69, 9.17) is 14.2 Å². The fourth-order valence-corrected chi connectivity index (χ4v) is 5.08. The van der Waals surface area contributed by atoms with Gasteiger partial charge in [-0.15, -0.1) is 0 Å². The van der Waals surface area contributed by atoms with Crippen LogP contribution < -0.4 is 24.8 Å². The summed E-state index contributed by atoms with van der Waals surface area (Å²) >= 11 is 0. The van der Waals surface area contributed by atoms with Gasteiger partial charge in [-0.2, -0.15) is 0 Å². The molecule has 5 rings (SSSR count). The number of ether oxygens (including phenoxy) is 3. The summed E-state index contributed by atoms with van der Waals surface area (Å²) in [5.74, 6) is 0.589. The van der Waals surface area contributed by atoms with Gasteiger partial charge in [-0.25, -0.2) is 4.79 Å². The summed E-state index contributed by atoms with van der Waals surface area (Å²) < 4.78 is 17.3. The van der Waals surface area contributed by atoms with E-state index >= 15 is 0 Å². The van der Waals surface area contributed by atoms with E-state index in [0.717, 1.165) is 5.56 Å². The quantitative estimate of drug-likeness (QED) is 0.363. The van der Waals surface area contributed by atoms with Crippen LogP contribution in [0.25, 0.3) is 0 Å². The molecule has 2 aliphatic heterocycles. The summed E-state index contributed by atoms with van der Waals surface area (Å²) in [5.41, 5.74) is 2.02. The molecule has 2 heterocycles. The molecule has 11 heteroatoms. The Balaban J connectivity index is 1.39. The molecule has 2 aliphatic rings. The Bertz CT molecular complexity index is 1480. The van der Waals surface area contributed by atoms with Gasteiger partial charge in [0.1, 0.15) is 6.10 Å². The van der Waals surface area contributed by atoms with Crippen molar-refractivity contribution in [3.63, 3.8) is 0 Å². The van der Waals surface area contributed by atoms with Crippen molar-refractivity contribution in [2.75, 3.05) is 44.2 Å². The van der Waals surface area contributed by atoms with Gasteiger partial charge in [0.2, 0.25) is 12.7 Å². The number of hydrogen-bond donors (Lipinski definition) is 3. The maximum atomic E-state index is 13.7. The highest BCUT2D eigenvalue weighted by Crippen LogP contribution is 2.36. The van der Waals surface area contributed by atoms with E-state index in [1.54, 1.807) is 55.3 Å². The number of rotatable bonds is 8. The normalized spacial score (nSPS) is 18.0. The Morgan fingerprint density at radius 3 is 2.58 bits per heavy atom. The molecule has 3 aromatic rings. The number of hydrogen-bond acceptors (Lipinski definition) is 7. The van der Waals surface area contributed by atoms with Crippen LogP contribution in [0.5, 0.6) is 17.2 Å². The predicted molar refractivity (Wildman–Crippen MR) is 161 cm³/mol. The Labute approximate surface area is 250 Å². The molecule has 11 nitrogen and oxygen atoms in total. The molecule has 3 atom stereocenters. The lowest BCUT2D eigenvalue weighted by Gasteiger charge is -2.38. The van der Waals surface area contributed by atoms with Crippen molar-refractivity contribution in [3.05, 3.63) is 77.9 Å². The average molecular weight is 589 g/mol. The number of benzene rings is 3. The van der Waals surface area contributed by atoms with E-state index in [2.05, 4.69) is 10.6 Å². The van der Waals surface area contributed by atoms with Crippen molar-refractivity contribution < 1.29 is 33.7 Å². The lowest BCUT2D eigenvalue weighted by Crippen LogP contribution is -2.50. The van der Waals surface area contributed by atoms with Crippen LogP contribution in [-0.4, -0.2) is 78.4 Å². The number of likely N-dealkylation sites (N-methyl/N-ethyl adjacent to an activating group) is 1. The third-order valence-corrected chi connectivity index (χ3v) is 7.60. The first-order valence-electron chi connectivity index (χ1n) is 14.2. The van der Waals surface area contributed by atoms with Gasteiger partial charge in [-0.1, -0.05) is 43.3 Å². The van der Waals surface area contributed by atoms with Gasteiger partial charge in [-0.05, 0) is 36.8 Å². The molecule has 0 fully saturated rings. The van der Waals surface area contributed by atoms with Crippen molar-refractivity contribution in [1.29, 1.82) is 0 Å². The molecule has 3 N–H and O–H groups in total. The number of urea groups is 1. The second-order valence-electron chi connectivity index (χ2n) is 10.9. The number of aliphatic hydroxyl groups is 1. The minimum absolute atomic E-state index is 0.133. The van der Waals surface area contributed by atoms with Crippen molar-refractivity contribution in [3.8, 4) is 17.2 Å². The van der Waals surface area contributed by atoms with E-state index in [0.29, 0.717) is 29.4 Å². The van der Waals surface area contributed by atoms with Crippen LogP contribution in [0.15, 0.2) is 66.7 Å². The van der Waals surface area contributed by atoms with Crippen molar-refractivity contribution in [2.24, 2.45) is 5.92 Å². The number of carbonyl (C=O) groups is 3. The molecule has 3 aromatic carbocycles. The molecule has 0 aliphatic carbocycles. The van der Waals surface area contributed by atoms with Gasteiger partial charge >= 0.3 is 6.03 Å². The number of nitrogens with zero attached hydrogens (tertiary/aromatic N) is 2. The highest BCUT2D eigenvalue weighted by atomic mass is 16.7. The minimum Gasteiger partial charge on any atom is -0.485 e. The molecule has 0 bridgehead atoms. The molecule has 0 aromatic heterocycles. The predicted octanol–water partition coefficient (Wildman–Crippen LogP) is 3.98. The molecule has 0 radical (unpaired) electrons. The summed E-state index contributed by atoms with van der Waals surface area (Å²) in [6.45, 7) is 4.10. The van der Waals surface area contributed by atoms with E-state index in [9.17, 15) is 19.5 Å². The Hall–Kier alpha value is -4.77. The van der Waals surface area contributed by atoms with Crippen molar-refractivity contribution in [1.82, 2.24) is 9.80 Å². The highest BCUT2D eigenvalue weighted by molar-refractivity contribution is 6.02. The largest absolute Gasteiger partial charge is 0.485 e. The standard InChI is InChI=1S/C32H36N4O7/c1-20-16-36(21(2)18-37)31(39)24-10-7-11-25(34-29(38)14-22-8-5-4-6-9-22)30(24)43-28(20)17-35(3)32(40)33-23-12-13-26-27(15-23)42-19-41-26/h4-13,15,20-21,28,37H,14,16-19H2,1-3H3,(H,33,40)(H,34,38)/t20-,21+,28+/m0/s1. The van der Waals surface area contributed by atoms with Gasteiger partial charge in [0, 0.05) is 31.3 Å². The summed E-state index contributed by atoms with van der Waals surface area (Å²) in [6.07, 6.45) is -0.408. The summed E-state index contributed by atoms with van der Waals surface area (Å²) in [4.78, 5) is 43.0. The second-order valence-corrected chi connectivity index (χ2v) is 10.9. The lowest BCUT2D eigenvalue weighted by molar-refractivity contribution is -0.115. The van der Waals surface area contributed by atoms with E-state index in [1.165, 1.54) is 4.90 Å². The van der Waals surface area contributed by atoms with Crippen LogP contribution in [0, 0.1) is 5.92 Å². The Morgan fingerprint density at radius 1 is 1.05 bits per heavy atom. The molecular formula is C32H36N4O7.